The lowest BCUT2D eigenvalue weighted by molar-refractivity contribution is 0.414. The summed E-state index contributed by atoms with van der Waals surface area (Å²) >= 11 is 1.65. The highest BCUT2D eigenvalue weighted by molar-refractivity contribution is 7.99. The van der Waals surface area contributed by atoms with Crippen molar-refractivity contribution in [2.24, 2.45) is 15.9 Å². The van der Waals surface area contributed by atoms with E-state index < -0.39 is 0 Å². The number of aliphatic imine (C=N–C) groups is 2. The molecule has 2 heterocycles. The molecule has 2 aromatic heterocycles. The summed E-state index contributed by atoms with van der Waals surface area (Å²) in [5.41, 5.74) is 5.33. The lowest BCUT2D eigenvalue weighted by atomic mass is 10.1. The maximum Gasteiger partial charge on any atom is 0.196 e. The molecule has 0 saturated heterocycles. The van der Waals surface area contributed by atoms with Gasteiger partial charge < -0.3 is 4.74 Å². The number of pyridine rings is 1. The molecule has 0 atom stereocenters. The van der Waals surface area contributed by atoms with Crippen molar-refractivity contribution >= 4 is 23.3 Å². The first-order chi connectivity index (χ1) is 17.7. The third-order valence-corrected chi connectivity index (χ3v) is 7.03. The molecule has 0 unspecified atom stereocenters. The Bertz CT molecular complexity index is 1370. The van der Waals surface area contributed by atoms with E-state index in [9.17, 15) is 0 Å². The Kier molecular flexibility index (Phi) is 7.23. The van der Waals surface area contributed by atoms with Crippen LogP contribution in [-0.2, 0) is 0 Å². The van der Waals surface area contributed by atoms with Crippen molar-refractivity contribution in [3.63, 3.8) is 0 Å². The highest BCUT2D eigenvalue weighted by atomic mass is 32.2. The molecule has 36 heavy (non-hydrogen) atoms. The average molecular weight is 497 g/mol. The number of benzene rings is 2. The van der Waals surface area contributed by atoms with Gasteiger partial charge in [0, 0.05) is 47.7 Å². The maximum absolute atomic E-state index is 5.35. The van der Waals surface area contributed by atoms with E-state index in [1.807, 2.05) is 36.4 Å². The zero-order valence-electron chi connectivity index (χ0n) is 20.6. The molecule has 5 rings (SSSR count). The summed E-state index contributed by atoms with van der Waals surface area (Å²) in [4.78, 5) is 13.7. The van der Waals surface area contributed by atoms with Crippen molar-refractivity contribution in [3.8, 4) is 22.8 Å². The fraction of sp³-hybridized carbons (Fsp3) is 0.250. The third kappa shape index (κ3) is 5.39. The van der Waals surface area contributed by atoms with Crippen LogP contribution in [0.4, 0.5) is 0 Å². The van der Waals surface area contributed by atoms with Crippen LogP contribution in [0.2, 0.25) is 0 Å². The summed E-state index contributed by atoms with van der Waals surface area (Å²) in [7, 11) is 3.47. The first-order valence-electron chi connectivity index (χ1n) is 11.9. The molecule has 8 heteroatoms. The van der Waals surface area contributed by atoms with Crippen molar-refractivity contribution in [2.75, 3.05) is 19.9 Å². The van der Waals surface area contributed by atoms with Crippen LogP contribution in [0.1, 0.15) is 24.0 Å². The normalized spacial score (nSPS) is 14.2. The number of aromatic nitrogens is 4. The van der Waals surface area contributed by atoms with Crippen LogP contribution in [0, 0.1) is 12.8 Å². The summed E-state index contributed by atoms with van der Waals surface area (Å²) in [5, 5.41) is 9.93. The van der Waals surface area contributed by atoms with Crippen LogP contribution in [-0.4, -0.2) is 51.2 Å². The second-order valence-corrected chi connectivity index (χ2v) is 9.60. The predicted molar refractivity (Wildman–Crippen MR) is 146 cm³/mol. The molecule has 2 aromatic carbocycles. The number of ether oxygens (including phenoxy) is 1. The monoisotopic (exact) mass is 496 g/mol. The summed E-state index contributed by atoms with van der Waals surface area (Å²) < 4.78 is 7.44. The summed E-state index contributed by atoms with van der Waals surface area (Å²) in [6.45, 7) is 2.08. The second-order valence-electron chi connectivity index (χ2n) is 8.65. The minimum Gasteiger partial charge on any atom is -0.497 e. The first-order valence-corrected chi connectivity index (χ1v) is 12.9. The number of aryl methyl sites for hydroxylation is 1. The molecule has 1 saturated carbocycles. The molecule has 0 radical (unpaired) electrons. The maximum atomic E-state index is 5.35. The Balaban J connectivity index is 1.46. The van der Waals surface area contributed by atoms with Gasteiger partial charge in [-0.25, -0.2) is 4.99 Å². The summed E-state index contributed by atoms with van der Waals surface area (Å²) in [6.07, 6.45) is 5.86. The number of amidine groups is 1. The molecule has 1 fully saturated rings. The predicted octanol–water partition coefficient (Wildman–Crippen LogP) is 5.67. The zero-order chi connectivity index (χ0) is 24.9. The second kappa shape index (κ2) is 10.9. The standard InChI is InChI=1S/C28H28N6OS/c1-19-4-6-21(7-5-19)26(29-2)31-25(20-8-9-20)18-36-28-33-32-27(22-14-16-30-17-15-22)34(28)23-10-12-24(35-3)13-11-23/h4-7,10-17,20H,8-9,18H2,1-3H3. The highest BCUT2D eigenvalue weighted by Crippen LogP contribution is 2.35. The number of hydrogen-bond acceptors (Lipinski definition) is 6. The van der Waals surface area contributed by atoms with Crippen molar-refractivity contribution in [1.82, 2.24) is 19.7 Å². The average Bonchev–Trinajstić information content (AvgIpc) is 3.69. The SMILES string of the molecule is CN=C(N=C(CSc1nnc(-c2ccncc2)n1-c1ccc(OC)cc1)C1CC1)c1ccc(C)cc1. The van der Waals surface area contributed by atoms with Crippen LogP contribution < -0.4 is 4.74 Å². The molecule has 4 aromatic rings. The van der Waals surface area contributed by atoms with Crippen molar-refractivity contribution in [3.05, 3.63) is 84.2 Å². The van der Waals surface area contributed by atoms with Crippen molar-refractivity contribution in [2.45, 2.75) is 24.9 Å². The Labute approximate surface area is 215 Å². The Morgan fingerprint density at radius 2 is 1.72 bits per heavy atom. The van der Waals surface area contributed by atoms with E-state index in [1.165, 1.54) is 5.56 Å². The molecule has 1 aliphatic carbocycles. The fourth-order valence-electron chi connectivity index (χ4n) is 3.89. The summed E-state index contributed by atoms with van der Waals surface area (Å²) in [5.74, 6) is 3.56. The Morgan fingerprint density at radius 3 is 2.36 bits per heavy atom. The van der Waals surface area contributed by atoms with Gasteiger partial charge in [-0.15, -0.1) is 10.2 Å². The van der Waals surface area contributed by atoms with Gasteiger partial charge in [0.1, 0.15) is 5.75 Å². The van der Waals surface area contributed by atoms with Gasteiger partial charge >= 0.3 is 0 Å². The lowest BCUT2D eigenvalue weighted by Gasteiger charge is -2.12. The van der Waals surface area contributed by atoms with Gasteiger partial charge in [-0.05, 0) is 62.1 Å². The zero-order valence-corrected chi connectivity index (χ0v) is 21.4. The Hall–Kier alpha value is -3.78. The Morgan fingerprint density at radius 1 is 1.00 bits per heavy atom. The quantitative estimate of drug-likeness (QED) is 0.179. The minimum absolute atomic E-state index is 0.497. The van der Waals surface area contributed by atoms with Gasteiger partial charge in [0.25, 0.3) is 0 Å². The third-order valence-electron chi connectivity index (χ3n) is 6.07. The number of rotatable bonds is 8. The van der Waals surface area contributed by atoms with E-state index in [1.54, 1.807) is 38.3 Å². The molecule has 0 amide bonds. The van der Waals surface area contributed by atoms with Crippen LogP contribution in [0.25, 0.3) is 17.1 Å². The van der Waals surface area contributed by atoms with Crippen LogP contribution >= 0.6 is 11.8 Å². The fourth-order valence-corrected chi connectivity index (χ4v) is 4.89. The van der Waals surface area contributed by atoms with E-state index in [-0.39, 0.29) is 0 Å². The molecule has 0 bridgehead atoms. The number of hydrogen-bond donors (Lipinski definition) is 0. The molecule has 7 nitrogen and oxygen atoms in total. The lowest BCUT2D eigenvalue weighted by Crippen LogP contribution is -2.11. The van der Waals surface area contributed by atoms with Gasteiger partial charge in [-0.2, -0.15) is 0 Å². The summed E-state index contributed by atoms with van der Waals surface area (Å²) in [6, 6.07) is 20.2. The molecule has 0 spiro atoms. The minimum atomic E-state index is 0.497. The first kappa shape index (κ1) is 23.9. The van der Waals surface area contributed by atoms with Gasteiger partial charge in [-0.3, -0.25) is 14.5 Å². The molecule has 0 N–H and O–H groups in total. The van der Waals surface area contributed by atoms with Crippen molar-refractivity contribution in [1.29, 1.82) is 0 Å². The molecule has 182 valence electrons. The van der Waals surface area contributed by atoms with Gasteiger partial charge in [0.2, 0.25) is 0 Å². The molecule has 0 aliphatic heterocycles. The largest absolute Gasteiger partial charge is 0.497 e. The van der Waals surface area contributed by atoms with E-state index >= 15 is 0 Å². The number of thioether (sulfide) groups is 1. The highest BCUT2D eigenvalue weighted by Gasteiger charge is 2.29. The van der Waals surface area contributed by atoms with Crippen LogP contribution in [0.15, 0.2) is 88.2 Å². The van der Waals surface area contributed by atoms with Crippen molar-refractivity contribution < 1.29 is 4.74 Å². The van der Waals surface area contributed by atoms with E-state index in [2.05, 4.69) is 55.9 Å². The van der Waals surface area contributed by atoms with Gasteiger partial charge in [0.05, 0.1) is 7.11 Å². The van der Waals surface area contributed by atoms with Gasteiger partial charge in [0.15, 0.2) is 16.8 Å². The van der Waals surface area contributed by atoms with Gasteiger partial charge in [-0.1, -0.05) is 41.6 Å². The number of methoxy groups -OCH3 is 1. The topological polar surface area (TPSA) is 77.5 Å². The van der Waals surface area contributed by atoms with Crippen LogP contribution in [0.5, 0.6) is 5.75 Å². The number of nitrogens with zero attached hydrogens (tertiary/aromatic N) is 6. The van der Waals surface area contributed by atoms with E-state index in [4.69, 9.17) is 9.73 Å². The van der Waals surface area contributed by atoms with E-state index in [0.29, 0.717) is 5.92 Å². The van der Waals surface area contributed by atoms with Crippen LogP contribution in [0.3, 0.4) is 0 Å². The smallest absolute Gasteiger partial charge is 0.196 e. The van der Waals surface area contributed by atoms with E-state index in [0.717, 1.165) is 63.7 Å². The molecular formula is C28H28N6OS. The molecular weight excluding hydrogens is 468 g/mol. The molecule has 1 aliphatic rings.